The van der Waals surface area contributed by atoms with Crippen molar-refractivity contribution >= 4 is 10.8 Å². The molecule has 0 heterocycles. The summed E-state index contributed by atoms with van der Waals surface area (Å²) < 4.78 is 10.7. The molecular formula is C7H17NO2S. The molecular weight excluding hydrogens is 162 g/mol. The van der Waals surface area contributed by atoms with Crippen molar-refractivity contribution in [2.45, 2.75) is 26.0 Å². The fourth-order valence-electron chi connectivity index (χ4n) is 0.783. The first-order chi connectivity index (χ1) is 5.02. The van der Waals surface area contributed by atoms with E-state index in [0.717, 1.165) is 0 Å². The molecule has 11 heavy (non-hydrogen) atoms. The molecule has 0 fully saturated rings. The first-order valence-electron chi connectivity index (χ1n) is 3.74. The van der Waals surface area contributed by atoms with Gasteiger partial charge in [-0.25, -0.2) is 0 Å². The van der Waals surface area contributed by atoms with Crippen LogP contribution in [0, 0.1) is 0 Å². The van der Waals surface area contributed by atoms with Gasteiger partial charge in [0.25, 0.3) is 0 Å². The molecule has 0 rings (SSSR count). The van der Waals surface area contributed by atoms with Crippen LogP contribution in [-0.4, -0.2) is 40.0 Å². The van der Waals surface area contributed by atoms with Crippen LogP contribution in [0.2, 0.25) is 0 Å². The minimum absolute atomic E-state index is 0.218. The lowest BCUT2D eigenvalue weighted by molar-refractivity contribution is 0.188. The fraction of sp³-hybridized carbons (Fsp3) is 1.00. The Morgan fingerprint density at radius 1 is 1.55 bits per heavy atom. The molecule has 0 aliphatic heterocycles. The van der Waals surface area contributed by atoms with E-state index in [1.165, 1.54) is 0 Å². The molecule has 0 amide bonds. The molecule has 68 valence electrons. The Balaban J connectivity index is 3.37. The van der Waals surface area contributed by atoms with E-state index in [1.54, 1.807) is 13.2 Å². The molecule has 0 aromatic heterocycles. The summed E-state index contributed by atoms with van der Waals surface area (Å²) in [5.74, 6) is 0.646. The third-order valence-electron chi connectivity index (χ3n) is 1.25. The molecule has 0 spiro atoms. The maximum Gasteiger partial charge on any atom is 0.0636 e. The lowest BCUT2D eigenvalue weighted by Gasteiger charge is -2.13. The first kappa shape index (κ1) is 11.1. The Bertz CT molecular complexity index is 128. The summed E-state index contributed by atoms with van der Waals surface area (Å²) in [5.41, 5.74) is 0. The van der Waals surface area contributed by atoms with Gasteiger partial charge in [0.05, 0.1) is 6.10 Å². The van der Waals surface area contributed by atoms with Crippen molar-refractivity contribution in [1.29, 1.82) is 0 Å². The highest BCUT2D eigenvalue weighted by Gasteiger charge is 2.03. The van der Waals surface area contributed by atoms with Gasteiger partial charge >= 0.3 is 0 Å². The van der Waals surface area contributed by atoms with E-state index in [9.17, 15) is 4.21 Å². The average Bonchev–Trinajstić information content (AvgIpc) is 1.82. The van der Waals surface area contributed by atoms with Gasteiger partial charge in [0.1, 0.15) is 0 Å². The molecule has 0 aliphatic rings. The fourth-order valence-corrected chi connectivity index (χ4v) is 1.60. The van der Waals surface area contributed by atoms with Gasteiger partial charge < -0.3 is 10.4 Å². The zero-order chi connectivity index (χ0) is 8.85. The summed E-state index contributed by atoms with van der Waals surface area (Å²) in [6.07, 6.45) is 1.35. The van der Waals surface area contributed by atoms with Gasteiger partial charge in [0.2, 0.25) is 0 Å². The molecule has 3 atom stereocenters. The average molecular weight is 179 g/mol. The lowest BCUT2D eigenvalue weighted by Crippen LogP contribution is -2.35. The number of hydrogen-bond donors (Lipinski definition) is 2. The maximum atomic E-state index is 10.7. The largest absolute Gasteiger partial charge is 0.392 e. The normalized spacial score (nSPS) is 19.3. The second-order valence-electron chi connectivity index (χ2n) is 2.90. The third-order valence-corrected chi connectivity index (χ3v) is 2.22. The smallest absolute Gasteiger partial charge is 0.0636 e. The van der Waals surface area contributed by atoms with E-state index < -0.39 is 10.8 Å². The summed E-state index contributed by atoms with van der Waals surface area (Å²) in [7, 11) is -0.755. The van der Waals surface area contributed by atoms with Crippen molar-refractivity contribution in [3.63, 3.8) is 0 Å². The van der Waals surface area contributed by atoms with Gasteiger partial charge in [0, 0.05) is 35.4 Å². The van der Waals surface area contributed by atoms with Crippen LogP contribution in [0.3, 0.4) is 0 Å². The second kappa shape index (κ2) is 5.69. The molecule has 0 radical (unpaired) electrons. The molecule has 0 aromatic rings. The standard InChI is InChI=1S/C7H17NO2S/c1-6(5-11(3)10)8-4-7(2)9/h6-9H,4-5H2,1-3H3/t6?,7-,11?/m1/s1. The highest BCUT2D eigenvalue weighted by molar-refractivity contribution is 7.84. The van der Waals surface area contributed by atoms with Gasteiger partial charge in [-0.15, -0.1) is 0 Å². The van der Waals surface area contributed by atoms with E-state index in [0.29, 0.717) is 12.3 Å². The summed E-state index contributed by atoms with van der Waals surface area (Å²) in [5, 5.41) is 12.0. The monoisotopic (exact) mass is 179 g/mol. The van der Waals surface area contributed by atoms with Crippen LogP contribution in [0.4, 0.5) is 0 Å². The number of nitrogens with one attached hydrogen (secondary N) is 1. The Kier molecular flexibility index (Phi) is 5.72. The van der Waals surface area contributed by atoms with Gasteiger partial charge in [-0.1, -0.05) is 0 Å². The third kappa shape index (κ3) is 7.97. The molecule has 4 heteroatoms. The van der Waals surface area contributed by atoms with E-state index in [4.69, 9.17) is 5.11 Å². The molecule has 2 unspecified atom stereocenters. The zero-order valence-electron chi connectivity index (χ0n) is 7.33. The highest BCUT2D eigenvalue weighted by atomic mass is 32.2. The van der Waals surface area contributed by atoms with Crippen LogP contribution in [0.1, 0.15) is 13.8 Å². The van der Waals surface area contributed by atoms with Crippen LogP contribution in [0.25, 0.3) is 0 Å². The Morgan fingerprint density at radius 2 is 2.09 bits per heavy atom. The van der Waals surface area contributed by atoms with Crippen LogP contribution in [0.5, 0.6) is 0 Å². The van der Waals surface area contributed by atoms with Crippen molar-refractivity contribution in [3.05, 3.63) is 0 Å². The van der Waals surface area contributed by atoms with Crippen molar-refractivity contribution in [2.24, 2.45) is 0 Å². The van der Waals surface area contributed by atoms with E-state index in [1.807, 2.05) is 6.92 Å². The SMILES string of the molecule is CC(CS(C)=O)NC[C@@H](C)O. The van der Waals surface area contributed by atoms with Crippen LogP contribution in [-0.2, 0) is 10.8 Å². The molecule has 0 saturated carbocycles. The summed E-state index contributed by atoms with van der Waals surface area (Å²) >= 11 is 0. The van der Waals surface area contributed by atoms with E-state index in [-0.39, 0.29) is 12.1 Å². The van der Waals surface area contributed by atoms with E-state index >= 15 is 0 Å². The Morgan fingerprint density at radius 3 is 2.45 bits per heavy atom. The molecule has 0 aliphatic carbocycles. The minimum atomic E-state index is -0.755. The molecule has 0 saturated heterocycles. The van der Waals surface area contributed by atoms with Crippen molar-refractivity contribution in [3.8, 4) is 0 Å². The van der Waals surface area contributed by atoms with E-state index in [2.05, 4.69) is 5.32 Å². The van der Waals surface area contributed by atoms with Crippen molar-refractivity contribution < 1.29 is 9.32 Å². The maximum absolute atomic E-state index is 10.7. The lowest BCUT2D eigenvalue weighted by atomic mass is 10.3. The molecule has 2 N–H and O–H groups in total. The van der Waals surface area contributed by atoms with Gasteiger partial charge in [-0.05, 0) is 13.8 Å². The quantitative estimate of drug-likeness (QED) is 0.610. The number of aliphatic hydroxyl groups is 1. The Hall–Kier alpha value is 0.0700. The summed E-state index contributed by atoms with van der Waals surface area (Å²) in [6, 6.07) is 0.218. The molecule has 3 nitrogen and oxygen atoms in total. The van der Waals surface area contributed by atoms with Crippen LogP contribution < -0.4 is 5.32 Å². The molecule has 0 aromatic carbocycles. The minimum Gasteiger partial charge on any atom is -0.392 e. The summed E-state index contributed by atoms with van der Waals surface area (Å²) in [4.78, 5) is 0. The van der Waals surface area contributed by atoms with Crippen LogP contribution >= 0.6 is 0 Å². The van der Waals surface area contributed by atoms with Crippen LogP contribution in [0.15, 0.2) is 0 Å². The second-order valence-corrected chi connectivity index (χ2v) is 4.38. The predicted molar refractivity (Wildman–Crippen MR) is 48.1 cm³/mol. The summed E-state index contributed by atoms with van der Waals surface area (Å²) in [6.45, 7) is 4.25. The van der Waals surface area contributed by atoms with Gasteiger partial charge in [0.15, 0.2) is 0 Å². The van der Waals surface area contributed by atoms with Crippen molar-refractivity contribution in [1.82, 2.24) is 5.32 Å². The Labute approximate surface area is 70.6 Å². The van der Waals surface area contributed by atoms with Crippen molar-refractivity contribution in [2.75, 3.05) is 18.6 Å². The molecule has 0 bridgehead atoms. The number of hydrogen-bond acceptors (Lipinski definition) is 3. The highest BCUT2D eigenvalue weighted by Crippen LogP contribution is 1.86. The number of rotatable bonds is 5. The topological polar surface area (TPSA) is 49.3 Å². The predicted octanol–water partition coefficient (Wildman–Crippen LogP) is -0.276. The van der Waals surface area contributed by atoms with Gasteiger partial charge in [-0.3, -0.25) is 4.21 Å². The van der Waals surface area contributed by atoms with Gasteiger partial charge in [-0.2, -0.15) is 0 Å². The number of aliphatic hydroxyl groups excluding tert-OH is 1. The first-order valence-corrected chi connectivity index (χ1v) is 5.46. The zero-order valence-corrected chi connectivity index (χ0v) is 8.15.